The number of β-amino-alcohol motifs (C(OH)–C–C–N with tert-alkyl or cyclic N) is 1. The fourth-order valence-electron chi connectivity index (χ4n) is 1.53. The molecule has 14 heavy (non-hydrogen) atoms. The van der Waals surface area contributed by atoms with Crippen LogP contribution in [0.25, 0.3) is 0 Å². The normalized spacial score (nSPS) is 16.2. The van der Waals surface area contributed by atoms with Crippen LogP contribution >= 0.6 is 15.9 Å². The molecule has 0 spiro atoms. The lowest BCUT2D eigenvalue weighted by Gasteiger charge is -2.38. The average molecular weight is 253 g/mol. The van der Waals surface area contributed by atoms with Crippen LogP contribution in [-0.4, -0.2) is 24.3 Å². The van der Waals surface area contributed by atoms with Gasteiger partial charge >= 0.3 is 0 Å². The Balaban J connectivity index is 2.30. The van der Waals surface area contributed by atoms with Gasteiger partial charge in [0.1, 0.15) is 6.07 Å². The molecule has 0 atom stereocenters. The van der Waals surface area contributed by atoms with E-state index in [1.54, 1.807) is 6.07 Å². The Morgan fingerprint density at radius 1 is 1.50 bits per heavy atom. The summed E-state index contributed by atoms with van der Waals surface area (Å²) in [6, 6.07) is 7.74. The highest BCUT2D eigenvalue weighted by Crippen LogP contribution is 2.27. The lowest BCUT2D eigenvalue weighted by molar-refractivity contribution is 0.142. The van der Waals surface area contributed by atoms with Gasteiger partial charge in [-0.3, -0.25) is 0 Å². The van der Waals surface area contributed by atoms with Crippen LogP contribution in [-0.2, 0) is 0 Å². The van der Waals surface area contributed by atoms with Gasteiger partial charge in [0.15, 0.2) is 0 Å². The molecule has 0 unspecified atom stereocenters. The molecule has 1 saturated heterocycles. The molecule has 1 N–H and O–H groups in total. The summed E-state index contributed by atoms with van der Waals surface area (Å²) < 4.78 is 0.902. The lowest BCUT2D eigenvalue weighted by Crippen LogP contribution is -2.51. The summed E-state index contributed by atoms with van der Waals surface area (Å²) >= 11 is 3.32. The zero-order chi connectivity index (χ0) is 10.1. The zero-order valence-corrected chi connectivity index (χ0v) is 9.03. The SMILES string of the molecule is N#Cc1cc(Br)ccc1N1CC(O)C1. The second kappa shape index (κ2) is 3.60. The van der Waals surface area contributed by atoms with E-state index in [-0.39, 0.29) is 6.10 Å². The van der Waals surface area contributed by atoms with Gasteiger partial charge in [-0.2, -0.15) is 5.26 Å². The molecule has 72 valence electrons. The summed E-state index contributed by atoms with van der Waals surface area (Å²) in [6.07, 6.45) is -0.245. The molecule has 0 saturated carbocycles. The van der Waals surface area contributed by atoms with Crippen LogP contribution in [0.3, 0.4) is 0 Å². The lowest BCUT2D eigenvalue weighted by atomic mass is 10.1. The molecule has 0 bridgehead atoms. The number of anilines is 1. The molecular formula is C10H9BrN2O. The number of rotatable bonds is 1. The maximum Gasteiger partial charge on any atom is 0.101 e. The molecule has 3 nitrogen and oxygen atoms in total. The maximum absolute atomic E-state index is 9.16. The number of nitrogens with zero attached hydrogens (tertiary/aromatic N) is 2. The van der Waals surface area contributed by atoms with E-state index >= 15 is 0 Å². The molecule has 0 amide bonds. The predicted octanol–water partition coefficient (Wildman–Crippen LogP) is 1.50. The van der Waals surface area contributed by atoms with E-state index < -0.39 is 0 Å². The molecule has 1 aromatic rings. The van der Waals surface area contributed by atoms with Gasteiger partial charge < -0.3 is 10.0 Å². The highest BCUT2D eigenvalue weighted by atomic mass is 79.9. The number of aliphatic hydroxyl groups excluding tert-OH is 1. The fourth-order valence-corrected chi connectivity index (χ4v) is 1.89. The van der Waals surface area contributed by atoms with Crippen LogP contribution < -0.4 is 4.90 Å². The Bertz CT molecular complexity index is 394. The number of halogens is 1. The Morgan fingerprint density at radius 3 is 2.79 bits per heavy atom. The number of benzene rings is 1. The standard InChI is InChI=1S/C10H9BrN2O/c11-8-1-2-10(7(3-8)4-12)13-5-9(14)6-13/h1-3,9,14H,5-6H2. The summed E-state index contributed by atoms with van der Waals surface area (Å²) in [7, 11) is 0. The van der Waals surface area contributed by atoms with Crippen LogP contribution in [0.5, 0.6) is 0 Å². The highest BCUT2D eigenvalue weighted by Gasteiger charge is 2.26. The van der Waals surface area contributed by atoms with E-state index in [0.29, 0.717) is 18.7 Å². The van der Waals surface area contributed by atoms with Gasteiger partial charge in [-0.15, -0.1) is 0 Å². The molecule has 1 aliphatic rings. The molecule has 0 aromatic heterocycles. The van der Waals surface area contributed by atoms with Crippen LogP contribution in [0.1, 0.15) is 5.56 Å². The second-order valence-corrected chi connectivity index (χ2v) is 4.25. The number of nitriles is 1. The monoisotopic (exact) mass is 252 g/mol. The average Bonchev–Trinajstić information content (AvgIpc) is 2.13. The van der Waals surface area contributed by atoms with E-state index in [1.165, 1.54) is 0 Å². The van der Waals surface area contributed by atoms with Crippen LogP contribution in [0.2, 0.25) is 0 Å². The summed E-state index contributed by atoms with van der Waals surface area (Å²) in [5.41, 5.74) is 1.55. The summed E-state index contributed by atoms with van der Waals surface area (Å²) in [5, 5.41) is 18.1. The molecular weight excluding hydrogens is 244 g/mol. The molecule has 0 radical (unpaired) electrons. The minimum atomic E-state index is -0.245. The topological polar surface area (TPSA) is 47.3 Å². The predicted molar refractivity (Wildman–Crippen MR) is 57.1 cm³/mol. The minimum Gasteiger partial charge on any atom is -0.389 e. The van der Waals surface area contributed by atoms with E-state index in [9.17, 15) is 0 Å². The van der Waals surface area contributed by atoms with Crippen molar-refractivity contribution in [2.75, 3.05) is 18.0 Å². The van der Waals surface area contributed by atoms with Gasteiger partial charge in [0, 0.05) is 17.6 Å². The van der Waals surface area contributed by atoms with Crippen molar-refractivity contribution >= 4 is 21.6 Å². The Morgan fingerprint density at radius 2 is 2.21 bits per heavy atom. The van der Waals surface area contributed by atoms with Crippen molar-refractivity contribution in [1.82, 2.24) is 0 Å². The zero-order valence-electron chi connectivity index (χ0n) is 7.44. The first-order chi connectivity index (χ1) is 6.70. The summed E-state index contributed by atoms with van der Waals surface area (Å²) in [6.45, 7) is 1.24. The highest BCUT2D eigenvalue weighted by molar-refractivity contribution is 9.10. The third-order valence-electron chi connectivity index (χ3n) is 2.28. The molecule has 1 fully saturated rings. The smallest absolute Gasteiger partial charge is 0.101 e. The van der Waals surface area contributed by atoms with Crippen molar-refractivity contribution in [3.05, 3.63) is 28.2 Å². The van der Waals surface area contributed by atoms with Crippen molar-refractivity contribution in [2.24, 2.45) is 0 Å². The Hall–Kier alpha value is -1.05. The van der Waals surface area contributed by atoms with Gasteiger partial charge in [-0.1, -0.05) is 15.9 Å². The number of hydrogen-bond donors (Lipinski definition) is 1. The summed E-state index contributed by atoms with van der Waals surface area (Å²) in [5.74, 6) is 0. The van der Waals surface area contributed by atoms with Crippen molar-refractivity contribution in [3.63, 3.8) is 0 Å². The first-order valence-electron chi connectivity index (χ1n) is 4.33. The molecule has 1 heterocycles. The van der Waals surface area contributed by atoms with Gasteiger partial charge in [-0.05, 0) is 18.2 Å². The molecule has 4 heteroatoms. The van der Waals surface area contributed by atoms with Crippen molar-refractivity contribution in [3.8, 4) is 6.07 Å². The summed E-state index contributed by atoms with van der Waals surface area (Å²) in [4.78, 5) is 2.00. The van der Waals surface area contributed by atoms with Crippen molar-refractivity contribution < 1.29 is 5.11 Å². The van der Waals surface area contributed by atoms with Crippen LogP contribution in [0, 0.1) is 11.3 Å². The van der Waals surface area contributed by atoms with Gasteiger partial charge in [0.2, 0.25) is 0 Å². The molecule has 2 rings (SSSR count). The third kappa shape index (κ3) is 1.61. The first-order valence-corrected chi connectivity index (χ1v) is 5.12. The number of hydrogen-bond acceptors (Lipinski definition) is 3. The van der Waals surface area contributed by atoms with Crippen LogP contribution in [0.15, 0.2) is 22.7 Å². The van der Waals surface area contributed by atoms with Crippen molar-refractivity contribution in [1.29, 1.82) is 5.26 Å². The first kappa shape index (κ1) is 9.50. The second-order valence-electron chi connectivity index (χ2n) is 3.33. The van der Waals surface area contributed by atoms with Gasteiger partial charge in [-0.25, -0.2) is 0 Å². The quantitative estimate of drug-likeness (QED) is 0.825. The molecule has 1 aliphatic heterocycles. The third-order valence-corrected chi connectivity index (χ3v) is 2.78. The Labute approximate surface area is 90.7 Å². The van der Waals surface area contributed by atoms with E-state index in [1.807, 2.05) is 17.0 Å². The maximum atomic E-state index is 9.16. The largest absolute Gasteiger partial charge is 0.389 e. The number of aliphatic hydroxyl groups is 1. The van der Waals surface area contributed by atoms with Crippen molar-refractivity contribution in [2.45, 2.75) is 6.10 Å². The van der Waals surface area contributed by atoms with E-state index in [2.05, 4.69) is 22.0 Å². The Kier molecular flexibility index (Phi) is 2.44. The molecule has 0 aliphatic carbocycles. The molecule has 1 aromatic carbocycles. The van der Waals surface area contributed by atoms with Gasteiger partial charge in [0.05, 0.1) is 17.4 Å². The van der Waals surface area contributed by atoms with Crippen LogP contribution in [0.4, 0.5) is 5.69 Å². The van der Waals surface area contributed by atoms with E-state index in [4.69, 9.17) is 10.4 Å². The minimum absolute atomic E-state index is 0.245. The van der Waals surface area contributed by atoms with Gasteiger partial charge in [0.25, 0.3) is 0 Å². The fraction of sp³-hybridized carbons (Fsp3) is 0.300. The van der Waals surface area contributed by atoms with E-state index in [0.717, 1.165) is 10.2 Å².